The summed E-state index contributed by atoms with van der Waals surface area (Å²) in [5, 5.41) is 5.95. The molecule has 0 saturated carbocycles. The van der Waals surface area contributed by atoms with Crippen LogP contribution in [0.3, 0.4) is 0 Å². The number of nitrogens with zero attached hydrogens (tertiary/aromatic N) is 1. The van der Waals surface area contributed by atoms with E-state index in [9.17, 15) is 4.79 Å². The third kappa shape index (κ3) is 5.43. The Hall–Kier alpha value is -3.71. The van der Waals surface area contributed by atoms with Crippen LogP contribution in [-0.4, -0.2) is 22.6 Å². The fraction of sp³-hybridized carbons (Fsp3) is 0.222. The number of hydrogen-bond donors (Lipinski definition) is 2. The van der Waals surface area contributed by atoms with Crippen LogP contribution in [0.1, 0.15) is 49.0 Å². The van der Waals surface area contributed by atoms with Crippen molar-refractivity contribution in [3.05, 3.63) is 77.9 Å². The topological polar surface area (TPSA) is 76.4 Å². The molecule has 1 atom stereocenters. The molecular formula is C27H27N3O3S. The summed E-state index contributed by atoms with van der Waals surface area (Å²) in [6, 6.07) is 20.7. The maximum absolute atomic E-state index is 12.6. The Morgan fingerprint density at radius 3 is 2.71 bits per heavy atom. The molecule has 7 heteroatoms. The van der Waals surface area contributed by atoms with Crippen LogP contribution in [0, 0.1) is 0 Å². The fourth-order valence-corrected chi connectivity index (χ4v) is 3.78. The first-order valence-electron chi connectivity index (χ1n) is 11.3. The van der Waals surface area contributed by atoms with Crippen LogP contribution in [0.2, 0.25) is 0 Å². The second-order valence-electron chi connectivity index (χ2n) is 8.01. The zero-order valence-corrected chi connectivity index (χ0v) is 20.2. The van der Waals surface area contributed by atoms with Crippen LogP contribution < -0.4 is 15.4 Å². The number of nitrogens with one attached hydrogen (secondary N) is 2. The van der Waals surface area contributed by atoms with Gasteiger partial charge in [-0.15, -0.1) is 0 Å². The van der Waals surface area contributed by atoms with Crippen LogP contribution in [0.4, 0.5) is 5.69 Å². The molecule has 4 rings (SSSR count). The van der Waals surface area contributed by atoms with Gasteiger partial charge in [0.1, 0.15) is 11.3 Å². The third-order valence-electron chi connectivity index (χ3n) is 5.59. The molecule has 0 bridgehead atoms. The normalized spacial score (nSPS) is 11.7. The number of ether oxygens (including phenoxy) is 1. The zero-order chi connectivity index (χ0) is 24.1. The first-order valence-corrected chi connectivity index (χ1v) is 11.7. The van der Waals surface area contributed by atoms with Gasteiger partial charge < -0.3 is 14.5 Å². The number of oxazole rings is 1. The largest absolute Gasteiger partial charge is 0.494 e. The number of hydrogen-bond acceptors (Lipinski definition) is 5. The highest BCUT2D eigenvalue weighted by molar-refractivity contribution is 7.80. The van der Waals surface area contributed by atoms with Crippen molar-refractivity contribution in [1.82, 2.24) is 10.3 Å². The molecule has 174 valence electrons. The van der Waals surface area contributed by atoms with Crippen molar-refractivity contribution in [2.24, 2.45) is 0 Å². The van der Waals surface area contributed by atoms with Crippen molar-refractivity contribution in [3.63, 3.8) is 0 Å². The number of anilines is 1. The summed E-state index contributed by atoms with van der Waals surface area (Å²) in [4.78, 5) is 17.3. The molecule has 1 amide bonds. The van der Waals surface area contributed by atoms with Crippen LogP contribution in [0.25, 0.3) is 22.6 Å². The lowest BCUT2D eigenvalue weighted by molar-refractivity contribution is 0.0977. The average molecular weight is 474 g/mol. The lowest BCUT2D eigenvalue weighted by Gasteiger charge is -2.11. The molecule has 1 aromatic heterocycles. The summed E-state index contributed by atoms with van der Waals surface area (Å²) >= 11 is 5.35. The van der Waals surface area contributed by atoms with Gasteiger partial charge in [-0.25, -0.2) is 4.98 Å². The van der Waals surface area contributed by atoms with Crippen molar-refractivity contribution in [3.8, 4) is 17.2 Å². The number of carbonyl (C=O) groups excluding carboxylic acids is 1. The van der Waals surface area contributed by atoms with Gasteiger partial charge in [-0.05, 0) is 85.6 Å². The molecular weight excluding hydrogens is 446 g/mol. The van der Waals surface area contributed by atoms with E-state index in [4.69, 9.17) is 21.4 Å². The second kappa shape index (κ2) is 10.5. The lowest BCUT2D eigenvalue weighted by Crippen LogP contribution is -2.34. The predicted octanol–water partition coefficient (Wildman–Crippen LogP) is 6.53. The van der Waals surface area contributed by atoms with Gasteiger partial charge in [0.05, 0.1) is 6.61 Å². The van der Waals surface area contributed by atoms with E-state index in [0.717, 1.165) is 23.1 Å². The van der Waals surface area contributed by atoms with E-state index in [-0.39, 0.29) is 11.0 Å². The number of benzene rings is 3. The first kappa shape index (κ1) is 23.4. The van der Waals surface area contributed by atoms with E-state index in [1.54, 1.807) is 24.3 Å². The van der Waals surface area contributed by atoms with E-state index in [2.05, 4.69) is 41.6 Å². The van der Waals surface area contributed by atoms with Crippen molar-refractivity contribution in [2.45, 2.75) is 33.1 Å². The van der Waals surface area contributed by atoms with E-state index in [0.29, 0.717) is 35.4 Å². The zero-order valence-electron chi connectivity index (χ0n) is 19.4. The second-order valence-corrected chi connectivity index (χ2v) is 8.41. The standard InChI is InChI=1S/C27H27N3O3S/c1-4-17(3)18-12-13-24-23(16-18)29-26(33-24)20-9-6-10-21(14-20)28-27(34)30-25(31)19-8-7-11-22(15-19)32-5-2/h6-17H,4-5H2,1-3H3,(H2,28,30,31,34)/t17-/m1/s1. The van der Waals surface area contributed by atoms with Crippen molar-refractivity contribution in [1.29, 1.82) is 0 Å². The highest BCUT2D eigenvalue weighted by Crippen LogP contribution is 2.29. The average Bonchev–Trinajstić information content (AvgIpc) is 3.27. The highest BCUT2D eigenvalue weighted by atomic mass is 32.1. The molecule has 1 heterocycles. The molecule has 0 aliphatic carbocycles. The maximum Gasteiger partial charge on any atom is 0.257 e. The summed E-state index contributed by atoms with van der Waals surface area (Å²) < 4.78 is 11.4. The van der Waals surface area contributed by atoms with E-state index in [1.807, 2.05) is 37.3 Å². The summed E-state index contributed by atoms with van der Waals surface area (Å²) in [5.74, 6) is 1.32. The minimum Gasteiger partial charge on any atom is -0.494 e. The SMILES string of the molecule is CCOc1cccc(C(=O)NC(=S)Nc2cccc(-c3nc4cc([C@H](C)CC)ccc4o3)c2)c1. The molecule has 4 aromatic rings. The third-order valence-corrected chi connectivity index (χ3v) is 5.80. The number of rotatable bonds is 7. The molecule has 0 saturated heterocycles. The maximum atomic E-state index is 12.6. The van der Waals surface area contributed by atoms with Gasteiger partial charge in [-0.2, -0.15) is 0 Å². The Morgan fingerprint density at radius 2 is 1.91 bits per heavy atom. The molecule has 3 aromatic carbocycles. The van der Waals surface area contributed by atoms with Crippen molar-refractivity contribution < 1.29 is 13.9 Å². The molecule has 6 nitrogen and oxygen atoms in total. The van der Waals surface area contributed by atoms with Gasteiger partial charge in [0.15, 0.2) is 10.7 Å². The van der Waals surface area contributed by atoms with Crippen molar-refractivity contribution >= 4 is 40.0 Å². The van der Waals surface area contributed by atoms with Gasteiger partial charge in [0, 0.05) is 16.8 Å². The number of amides is 1. The summed E-state index contributed by atoms with van der Waals surface area (Å²) in [6.07, 6.45) is 1.07. The Bertz CT molecular complexity index is 1330. The molecule has 0 radical (unpaired) electrons. The first-order chi connectivity index (χ1) is 16.5. The quantitative estimate of drug-likeness (QED) is 0.297. The van der Waals surface area contributed by atoms with Gasteiger partial charge in [-0.1, -0.05) is 32.0 Å². The van der Waals surface area contributed by atoms with Crippen LogP contribution in [0.5, 0.6) is 5.75 Å². The molecule has 0 aliphatic rings. The number of fused-ring (bicyclic) bond motifs is 1. The van der Waals surface area contributed by atoms with Crippen LogP contribution >= 0.6 is 12.2 Å². The summed E-state index contributed by atoms with van der Waals surface area (Å²) in [7, 11) is 0. The smallest absolute Gasteiger partial charge is 0.257 e. The van der Waals surface area contributed by atoms with E-state index < -0.39 is 0 Å². The molecule has 0 aliphatic heterocycles. The van der Waals surface area contributed by atoms with Gasteiger partial charge in [-0.3, -0.25) is 10.1 Å². The Kier molecular flexibility index (Phi) is 7.23. The summed E-state index contributed by atoms with van der Waals surface area (Å²) in [6.45, 7) is 6.80. The fourth-order valence-electron chi connectivity index (χ4n) is 3.57. The molecule has 0 fully saturated rings. The molecule has 0 spiro atoms. The predicted molar refractivity (Wildman–Crippen MR) is 139 cm³/mol. The number of thiocarbonyl (C=S) groups is 1. The monoisotopic (exact) mass is 473 g/mol. The molecule has 0 unspecified atom stereocenters. The van der Waals surface area contributed by atoms with E-state index in [1.165, 1.54) is 5.56 Å². The molecule has 34 heavy (non-hydrogen) atoms. The minimum atomic E-state index is -0.314. The number of aromatic nitrogens is 1. The Morgan fingerprint density at radius 1 is 1.09 bits per heavy atom. The highest BCUT2D eigenvalue weighted by Gasteiger charge is 2.13. The van der Waals surface area contributed by atoms with Gasteiger partial charge in [0.2, 0.25) is 5.89 Å². The Labute approximate surface area is 204 Å². The number of carbonyl (C=O) groups is 1. The molecule has 2 N–H and O–H groups in total. The minimum absolute atomic E-state index is 0.194. The van der Waals surface area contributed by atoms with Crippen molar-refractivity contribution in [2.75, 3.05) is 11.9 Å². The van der Waals surface area contributed by atoms with Crippen LogP contribution in [0.15, 0.2) is 71.1 Å². The summed E-state index contributed by atoms with van der Waals surface area (Å²) in [5.41, 5.74) is 4.82. The lowest BCUT2D eigenvalue weighted by atomic mass is 9.98. The van der Waals surface area contributed by atoms with Gasteiger partial charge >= 0.3 is 0 Å². The Balaban J connectivity index is 1.46. The van der Waals surface area contributed by atoms with Gasteiger partial charge in [0.25, 0.3) is 5.91 Å². The van der Waals surface area contributed by atoms with Crippen LogP contribution in [-0.2, 0) is 0 Å². The van der Waals surface area contributed by atoms with E-state index >= 15 is 0 Å².